The molecule has 1 aliphatic rings. The van der Waals surface area contributed by atoms with E-state index in [4.69, 9.17) is 9.47 Å². The minimum absolute atomic E-state index is 0. The smallest absolute Gasteiger partial charge is 0.171 e. The minimum atomic E-state index is -0.440. The number of benzene rings is 7. The zero-order chi connectivity index (χ0) is 41.8. The Hall–Kier alpha value is -6.85. The number of fused-ring (bicyclic) bond motifs is 4. The second kappa shape index (κ2) is 18.4. The normalized spacial score (nSPS) is 12.0. The van der Waals surface area contributed by atoms with E-state index < -0.39 is 5.41 Å². The molecule has 0 atom stereocenters. The molecule has 6 heteroatoms. The fraction of sp³-hybridized carbons (Fsp3) is 0.107. The molecule has 0 spiro atoms. The van der Waals surface area contributed by atoms with Gasteiger partial charge in [0.2, 0.25) is 0 Å². The van der Waals surface area contributed by atoms with E-state index in [-0.39, 0.29) is 25.9 Å². The Morgan fingerprint density at radius 2 is 1.19 bits per heavy atom. The van der Waals surface area contributed by atoms with Crippen molar-refractivity contribution < 1.29 is 34.4 Å². The average Bonchev–Trinajstić information content (AvgIpc) is 3.94. The minimum Gasteiger partial charge on any atom is -0.661 e. The molecular formula is C56H44IrN2O3-2. The van der Waals surface area contributed by atoms with Crippen molar-refractivity contribution in [3.05, 3.63) is 245 Å². The van der Waals surface area contributed by atoms with Crippen LogP contribution in [-0.2, 0) is 25.5 Å². The molecule has 2 heterocycles. The van der Waals surface area contributed by atoms with Crippen molar-refractivity contribution in [2.24, 2.45) is 0 Å². The number of aryl methyl sites for hydroxylation is 3. The van der Waals surface area contributed by atoms with Gasteiger partial charge in [0.1, 0.15) is 24.7 Å². The molecule has 0 amide bonds. The maximum absolute atomic E-state index is 12.5. The van der Waals surface area contributed by atoms with Crippen LogP contribution in [0.5, 0.6) is 11.5 Å². The Balaban J connectivity index is 0.000000260. The molecule has 0 N–H and O–H groups in total. The van der Waals surface area contributed by atoms with Gasteiger partial charge in [0.05, 0.1) is 5.41 Å². The molecule has 7 aromatic carbocycles. The molecule has 307 valence electrons. The predicted molar refractivity (Wildman–Crippen MR) is 245 cm³/mol. The number of hydrogen-bond acceptors (Lipinski definition) is 4. The third-order valence-electron chi connectivity index (χ3n) is 11.4. The first-order valence-electron chi connectivity index (χ1n) is 20.6. The van der Waals surface area contributed by atoms with Crippen LogP contribution in [0.1, 0.15) is 55.0 Å². The van der Waals surface area contributed by atoms with Gasteiger partial charge in [-0.25, -0.2) is 0 Å². The molecule has 0 saturated carbocycles. The number of aromatic nitrogens is 2. The van der Waals surface area contributed by atoms with Crippen LogP contribution in [0.4, 0.5) is 0 Å². The monoisotopic (exact) mass is 985 g/mol. The number of carbonyl (C=O) groups is 1. The third-order valence-corrected chi connectivity index (χ3v) is 11.4. The van der Waals surface area contributed by atoms with Crippen LogP contribution in [0.25, 0.3) is 33.2 Å². The number of carbonyl (C=O) groups excluding carboxylic acids is 1. The molecule has 1 aliphatic carbocycles. The van der Waals surface area contributed by atoms with Crippen LogP contribution in [0.15, 0.2) is 188 Å². The van der Waals surface area contributed by atoms with Gasteiger partial charge in [0.25, 0.3) is 0 Å². The summed E-state index contributed by atoms with van der Waals surface area (Å²) in [5, 5.41) is 2.39. The Kier molecular flexibility index (Phi) is 12.4. The van der Waals surface area contributed by atoms with Gasteiger partial charge < -0.3 is 19.4 Å². The van der Waals surface area contributed by atoms with E-state index in [9.17, 15) is 4.79 Å². The van der Waals surface area contributed by atoms with Crippen molar-refractivity contribution in [3.8, 4) is 33.9 Å². The zero-order valence-corrected chi connectivity index (χ0v) is 37.2. The van der Waals surface area contributed by atoms with Gasteiger partial charge in [0, 0.05) is 31.9 Å². The van der Waals surface area contributed by atoms with Gasteiger partial charge in [-0.15, -0.1) is 35.9 Å². The molecule has 1 radical (unpaired) electrons. The summed E-state index contributed by atoms with van der Waals surface area (Å²) in [5.74, 6) is 1.37. The maximum atomic E-state index is 12.5. The summed E-state index contributed by atoms with van der Waals surface area (Å²) in [6, 6.07) is 63.3. The van der Waals surface area contributed by atoms with Crippen molar-refractivity contribution in [2.45, 2.75) is 26.2 Å². The molecular weight excluding hydrogens is 941 g/mol. The van der Waals surface area contributed by atoms with E-state index in [0.29, 0.717) is 30.2 Å². The van der Waals surface area contributed by atoms with Crippen LogP contribution in [0, 0.1) is 26.8 Å². The summed E-state index contributed by atoms with van der Waals surface area (Å²) in [4.78, 5) is 21.0. The maximum Gasteiger partial charge on any atom is 0.171 e. The number of pyridine rings is 1. The molecule has 5 nitrogen and oxygen atoms in total. The largest absolute Gasteiger partial charge is 0.661 e. The number of hydrogen-bond donors (Lipinski definition) is 0. The third kappa shape index (κ3) is 8.28. The van der Waals surface area contributed by atoms with E-state index >= 15 is 0 Å². The molecule has 9 aromatic rings. The topological polar surface area (TPSA) is 62.5 Å². The fourth-order valence-electron chi connectivity index (χ4n) is 8.42. The molecule has 2 aromatic heterocycles. The summed E-state index contributed by atoms with van der Waals surface area (Å²) in [6.45, 7) is 7.25. The van der Waals surface area contributed by atoms with Crippen LogP contribution in [0.2, 0.25) is 0 Å². The Labute approximate surface area is 376 Å². The molecule has 0 fully saturated rings. The molecule has 62 heavy (non-hydrogen) atoms. The van der Waals surface area contributed by atoms with Gasteiger partial charge >= 0.3 is 0 Å². The average molecular weight is 985 g/mol. The SMILES string of the molecule is Cc1ccc(C2(c3ccc(OCCOc4ccc(C(=O)c5ccc[n-]5)cc4)cc3)c3cc(C)ccc3-c3ccc(C)cc32)cc1.[Ir].[c-]1ccccc1-c1nccc2ccccc12. The van der Waals surface area contributed by atoms with Crippen molar-refractivity contribution >= 4 is 16.6 Å². The van der Waals surface area contributed by atoms with E-state index in [0.717, 1.165) is 17.0 Å². The Morgan fingerprint density at radius 3 is 1.79 bits per heavy atom. The van der Waals surface area contributed by atoms with Gasteiger partial charge in [-0.2, -0.15) is 6.20 Å². The van der Waals surface area contributed by atoms with Crippen molar-refractivity contribution in [2.75, 3.05) is 13.2 Å². The van der Waals surface area contributed by atoms with E-state index in [1.807, 2.05) is 48.7 Å². The number of nitrogens with zero attached hydrogens (tertiary/aromatic N) is 2. The molecule has 0 saturated heterocycles. The van der Waals surface area contributed by atoms with E-state index in [2.05, 4.69) is 134 Å². The van der Waals surface area contributed by atoms with Crippen molar-refractivity contribution in [3.63, 3.8) is 0 Å². The number of ketones is 1. The Bertz CT molecular complexity index is 2890. The van der Waals surface area contributed by atoms with Gasteiger partial charge in [-0.3, -0.25) is 4.79 Å². The van der Waals surface area contributed by atoms with E-state index in [1.165, 1.54) is 60.8 Å². The Morgan fingerprint density at radius 1 is 0.613 bits per heavy atom. The molecule has 10 rings (SSSR count). The van der Waals surface area contributed by atoms with E-state index in [1.54, 1.807) is 42.6 Å². The second-order valence-electron chi connectivity index (χ2n) is 15.5. The first kappa shape index (κ1) is 41.9. The summed E-state index contributed by atoms with van der Waals surface area (Å²) >= 11 is 0. The zero-order valence-electron chi connectivity index (χ0n) is 34.8. The van der Waals surface area contributed by atoms with Crippen LogP contribution < -0.4 is 14.5 Å². The fourth-order valence-corrected chi connectivity index (χ4v) is 8.42. The van der Waals surface area contributed by atoms with Crippen molar-refractivity contribution in [1.29, 1.82) is 0 Å². The van der Waals surface area contributed by atoms with Gasteiger partial charge in [-0.1, -0.05) is 132 Å². The summed E-state index contributed by atoms with van der Waals surface area (Å²) < 4.78 is 12.0. The van der Waals surface area contributed by atoms with Crippen LogP contribution in [0.3, 0.4) is 0 Å². The summed E-state index contributed by atoms with van der Waals surface area (Å²) in [6.07, 6.45) is 3.47. The second-order valence-corrected chi connectivity index (χ2v) is 15.5. The van der Waals surface area contributed by atoms with Crippen LogP contribution in [-0.4, -0.2) is 24.0 Å². The van der Waals surface area contributed by atoms with Gasteiger partial charge in [-0.05, 0) is 113 Å². The number of ether oxygens (including phenoxy) is 2. The quantitative estimate of drug-likeness (QED) is 0.0776. The van der Waals surface area contributed by atoms with Gasteiger partial charge in [0.15, 0.2) is 5.78 Å². The summed E-state index contributed by atoms with van der Waals surface area (Å²) in [7, 11) is 0. The molecule has 0 bridgehead atoms. The first-order valence-corrected chi connectivity index (χ1v) is 20.6. The van der Waals surface area contributed by atoms with Crippen LogP contribution >= 0.6 is 0 Å². The molecule has 0 unspecified atom stereocenters. The first-order chi connectivity index (χ1) is 29.9. The molecule has 0 aliphatic heterocycles. The number of rotatable bonds is 10. The van der Waals surface area contributed by atoms with Crippen molar-refractivity contribution in [1.82, 2.24) is 9.97 Å². The summed E-state index contributed by atoms with van der Waals surface area (Å²) in [5.41, 5.74) is 14.0. The standard InChI is InChI=1S/C41H35NO3.C15H10N.Ir/c1-27-6-12-31(13-7-27)41(37-25-28(2)8-20-35(37)36-21-9-29(3)26-38(36)41)32-14-18-34(19-15-32)45-24-23-44-33-16-10-30(11-17-33)40(43)39-5-4-22-42-39;1-2-7-13(8-3-1)15-14-9-5-4-6-12(14)10-11-16-15;/h4-22,25-26H,23-24H2,1-3H3,(H,42,43);1-7,9-11H;/q;-1;/p-1. The predicted octanol–water partition coefficient (Wildman–Crippen LogP) is 12.3.